The van der Waals surface area contributed by atoms with Crippen LogP contribution in [-0.2, 0) is 0 Å². The van der Waals surface area contributed by atoms with Gasteiger partial charge in [0.2, 0.25) is 0 Å². The highest BCUT2D eigenvalue weighted by Crippen LogP contribution is 2.30. The number of pyridine rings is 1. The van der Waals surface area contributed by atoms with E-state index in [1.807, 2.05) is 6.07 Å². The minimum absolute atomic E-state index is 0.431. The molecule has 2 nitrogen and oxygen atoms in total. The molecule has 1 atom stereocenters. The van der Waals surface area contributed by atoms with Crippen LogP contribution in [0, 0.1) is 0 Å². The van der Waals surface area contributed by atoms with Gasteiger partial charge in [-0.05, 0) is 10.9 Å². The summed E-state index contributed by atoms with van der Waals surface area (Å²) in [6.07, 6.45) is -2.29. The van der Waals surface area contributed by atoms with Crippen molar-refractivity contribution in [1.29, 1.82) is 0 Å². The molecule has 0 amide bonds. The van der Waals surface area contributed by atoms with Gasteiger partial charge in [0.1, 0.15) is 0 Å². The Morgan fingerprint density at radius 1 is 1.18 bits per heavy atom. The van der Waals surface area contributed by atoms with Gasteiger partial charge in [0, 0.05) is 23.8 Å². The van der Waals surface area contributed by atoms with Crippen molar-refractivity contribution in [3.05, 3.63) is 42.2 Å². The smallest absolute Gasteiger partial charge is 0.324 e. The second-order valence-electron chi connectivity index (χ2n) is 3.88. The monoisotopic (exact) mass is 240 g/mol. The first-order valence-electron chi connectivity index (χ1n) is 5.12. The van der Waals surface area contributed by atoms with E-state index in [1.165, 1.54) is 6.20 Å². The number of nitrogens with two attached hydrogens (primary N) is 1. The zero-order valence-electron chi connectivity index (χ0n) is 8.91. The number of aromatic nitrogens is 1. The summed E-state index contributed by atoms with van der Waals surface area (Å²) in [4.78, 5) is 3.92. The van der Waals surface area contributed by atoms with E-state index in [1.54, 1.807) is 24.4 Å². The Bertz CT molecular complexity index is 517. The highest BCUT2D eigenvalue weighted by molar-refractivity contribution is 5.85. The van der Waals surface area contributed by atoms with Crippen molar-refractivity contribution in [2.45, 2.75) is 18.6 Å². The van der Waals surface area contributed by atoms with Gasteiger partial charge in [0.25, 0.3) is 0 Å². The van der Waals surface area contributed by atoms with Gasteiger partial charge in [-0.25, -0.2) is 0 Å². The summed E-state index contributed by atoms with van der Waals surface area (Å²) < 4.78 is 36.9. The molecule has 0 aliphatic rings. The number of benzene rings is 1. The topological polar surface area (TPSA) is 38.9 Å². The Balaban J connectivity index is 2.41. The van der Waals surface area contributed by atoms with E-state index < -0.39 is 18.6 Å². The molecule has 0 saturated heterocycles. The Hall–Kier alpha value is -1.62. The van der Waals surface area contributed by atoms with Crippen molar-refractivity contribution in [1.82, 2.24) is 4.98 Å². The molecule has 0 aliphatic heterocycles. The van der Waals surface area contributed by atoms with Crippen LogP contribution in [0.15, 0.2) is 36.7 Å². The lowest BCUT2D eigenvalue weighted by Crippen LogP contribution is -2.20. The van der Waals surface area contributed by atoms with Crippen LogP contribution in [0.5, 0.6) is 0 Å². The van der Waals surface area contributed by atoms with Crippen molar-refractivity contribution in [3.63, 3.8) is 0 Å². The molecular formula is C12H11F3N2. The lowest BCUT2D eigenvalue weighted by atomic mass is 10.00. The molecular weight excluding hydrogens is 229 g/mol. The van der Waals surface area contributed by atoms with E-state index in [0.717, 1.165) is 10.8 Å². The van der Waals surface area contributed by atoms with Crippen molar-refractivity contribution in [2.24, 2.45) is 5.73 Å². The molecule has 2 aromatic rings. The number of hydrogen-bond donors (Lipinski definition) is 1. The predicted molar refractivity (Wildman–Crippen MR) is 59.3 cm³/mol. The minimum Gasteiger partial charge on any atom is -0.324 e. The molecule has 0 unspecified atom stereocenters. The van der Waals surface area contributed by atoms with Crippen LogP contribution in [0.3, 0.4) is 0 Å². The van der Waals surface area contributed by atoms with Crippen molar-refractivity contribution < 1.29 is 13.2 Å². The molecule has 2 N–H and O–H groups in total. The van der Waals surface area contributed by atoms with Crippen molar-refractivity contribution >= 4 is 10.8 Å². The molecule has 0 fully saturated rings. The lowest BCUT2D eigenvalue weighted by Gasteiger charge is -2.15. The number of hydrogen-bond acceptors (Lipinski definition) is 2. The molecule has 0 radical (unpaired) electrons. The van der Waals surface area contributed by atoms with Crippen LogP contribution < -0.4 is 5.73 Å². The summed E-state index contributed by atoms with van der Waals surface area (Å²) in [5.41, 5.74) is 6.02. The molecule has 90 valence electrons. The van der Waals surface area contributed by atoms with Crippen LogP contribution in [0.1, 0.15) is 18.0 Å². The third-order valence-corrected chi connectivity index (χ3v) is 2.55. The third-order valence-electron chi connectivity index (χ3n) is 2.55. The van der Waals surface area contributed by atoms with E-state index in [4.69, 9.17) is 5.73 Å². The predicted octanol–water partition coefficient (Wildman–Crippen LogP) is 3.19. The second-order valence-corrected chi connectivity index (χ2v) is 3.88. The summed E-state index contributed by atoms with van der Waals surface area (Å²) in [6.45, 7) is 0. The zero-order chi connectivity index (χ0) is 12.5. The van der Waals surface area contributed by atoms with Crippen LogP contribution in [0.25, 0.3) is 10.8 Å². The van der Waals surface area contributed by atoms with Gasteiger partial charge >= 0.3 is 6.18 Å². The molecule has 1 heterocycles. The molecule has 5 heteroatoms. The van der Waals surface area contributed by atoms with E-state index in [2.05, 4.69) is 4.98 Å². The molecule has 2 rings (SSSR count). The van der Waals surface area contributed by atoms with Gasteiger partial charge < -0.3 is 5.73 Å². The first kappa shape index (κ1) is 11.9. The quantitative estimate of drug-likeness (QED) is 0.875. The van der Waals surface area contributed by atoms with Gasteiger partial charge in [-0.1, -0.05) is 24.3 Å². The fourth-order valence-electron chi connectivity index (χ4n) is 1.79. The molecule has 1 aromatic carbocycles. The Morgan fingerprint density at radius 3 is 2.59 bits per heavy atom. The molecule has 0 bridgehead atoms. The Morgan fingerprint density at radius 2 is 1.88 bits per heavy atom. The maximum Gasteiger partial charge on any atom is 0.390 e. The van der Waals surface area contributed by atoms with Crippen LogP contribution in [0.2, 0.25) is 0 Å². The van der Waals surface area contributed by atoms with E-state index in [9.17, 15) is 13.2 Å². The number of nitrogens with zero attached hydrogens (tertiary/aromatic N) is 1. The normalized spacial score (nSPS) is 13.9. The molecule has 0 aliphatic carbocycles. The number of alkyl halides is 3. The van der Waals surface area contributed by atoms with Gasteiger partial charge in [-0.3, -0.25) is 4.98 Å². The third kappa shape index (κ3) is 2.74. The Kier molecular flexibility index (Phi) is 3.02. The lowest BCUT2D eigenvalue weighted by molar-refractivity contribution is -0.138. The second kappa shape index (κ2) is 4.33. The van der Waals surface area contributed by atoms with Gasteiger partial charge in [0.05, 0.1) is 6.42 Å². The standard InChI is InChI=1S/C12H11F3N2/c13-12(14,15)5-11(16)10-7-17-6-8-3-1-2-4-9(8)10/h1-4,6-7,11H,5,16H2/t11-/m1/s1. The molecule has 0 saturated carbocycles. The minimum atomic E-state index is -4.27. The summed E-state index contributed by atoms with van der Waals surface area (Å²) in [6, 6.07) is 6.05. The van der Waals surface area contributed by atoms with Crippen LogP contribution in [0.4, 0.5) is 13.2 Å². The fraction of sp³-hybridized carbons (Fsp3) is 0.250. The first-order chi connectivity index (χ1) is 7.97. The SMILES string of the molecule is N[C@H](CC(F)(F)F)c1cncc2ccccc12. The first-order valence-corrected chi connectivity index (χ1v) is 5.12. The van der Waals surface area contributed by atoms with E-state index >= 15 is 0 Å². The largest absolute Gasteiger partial charge is 0.390 e. The summed E-state index contributed by atoms with van der Waals surface area (Å²) in [5.74, 6) is 0. The molecule has 17 heavy (non-hydrogen) atoms. The Labute approximate surface area is 96.3 Å². The summed E-state index contributed by atoms with van der Waals surface area (Å²) in [5, 5.41) is 1.52. The number of fused-ring (bicyclic) bond motifs is 1. The number of rotatable bonds is 2. The van der Waals surface area contributed by atoms with Crippen LogP contribution in [-0.4, -0.2) is 11.2 Å². The van der Waals surface area contributed by atoms with Crippen molar-refractivity contribution in [2.75, 3.05) is 0 Å². The van der Waals surface area contributed by atoms with E-state index in [0.29, 0.717) is 5.56 Å². The zero-order valence-corrected chi connectivity index (χ0v) is 8.91. The highest BCUT2D eigenvalue weighted by atomic mass is 19.4. The maximum absolute atomic E-state index is 12.3. The average Bonchev–Trinajstić information content (AvgIpc) is 2.26. The van der Waals surface area contributed by atoms with Gasteiger partial charge in [-0.2, -0.15) is 13.2 Å². The molecule has 0 spiro atoms. The number of halogens is 3. The highest BCUT2D eigenvalue weighted by Gasteiger charge is 2.31. The molecule has 1 aromatic heterocycles. The average molecular weight is 240 g/mol. The van der Waals surface area contributed by atoms with E-state index in [-0.39, 0.29) is 0 Å². The summed E-state index contributed by atoms with van der Waals surface area (Å²) in [7, 11) is 0. The van der Waals surface area contributed by atoms with Crippen molar-refractivity contribution in [3.8, 4) is 0 Å². The van der Waals surface area contributed by atoms with Gasteiger partial charge in [-0.15, -0.1) is 0 Å². The van der Waals surface area contributed by atoms with Gasteiger partial charge in [0.15, 0.2) is 0 Å². The fourth-order valence-corrected chi connectivity index (χ4v) is 1.79. The summed E-state index contributed by atoms with van der Waals surface area (Å²) >= 11 is 0. The van der Waals surface area contributed by atoms with Crippen LogP contribution >= 0.6 is 0 Å². The maximum atomic E-state index is 12.3.